The number of halogens is 1. The molecule has 1 unspecified atom stereocenters. The summed E-state index contributed by atoms with van der Waals surface area (Å²) in [5, 5.41) is -0.347. The Labute approximate surface area is 128 Å². The third-order valence-electron chi connectivity index (χ3n) is 2.94. The molecule has 1 aliphatic rings. The van der Waals surface area contributed by atoms with E-state index in [0.29, 0.717) is 16.2 Å². The quantitative estimate of drug-likeness (QED) is 0.770. The Morgan fingerprint density at radius 1 is 1.38 bits per heavy atom. The predicted molar refractivity (Wildman–Crippen MR) is 79.4 cm³/mol. The summed E-state index contributed by atoms with van der Waals surface area (Å²) < 4.78 is 34.2. The van der Waals surface area contributed by atoms with Crippen molar-refractivity contribution in [2.24, 2.45) is 0 Å². The fourth-order valence-corrected chi connectivity index (χ4v) is 3.55. The molecular formula is C13H15ClN2O4S. The SMILES string of the molecule is CCOS(=O)(=O)C1CC=C(Cl)C=C1c1cnc(OC)nc1. The van der Waals surface area contributed by atoms with Crippen LogP contribution in [0.1, 0.15) is 18.9 Å². The van der Waals surface area contributed by atoms with Crippen molar-refractivity contribution in [2.75, 3.05) is 13.7 Å². The van der Waals surface area contributed by atoms with Gasteiger partial charge in [-0.05, 0) is 25.0 Å². The van der Waals surface area contributed by atoms with Gasteiger partial charge >= 0.3 is 6.01 Å². The molecule has 1 heterocycles. The molecule has 1 aliphatic carbocycles. The van der Waals surface area contributed by atoms with Crippen molar-refractivity contribution in [3.63, 3.8) is 0 Å². The Kier molecular flexibility index (Phi) is 4.97. The topological polar surface area (TPSA) is 78.4 Å². The molecule has 0 amide bonds. The maximum atomic E-state index is 12.2. The average molecular weight is 331 g/mol. The van der Waals surface area contributed by atoms with Gasteiger partial charge in [0, 0.05) is 23.0 Å². The summed E-state index contributed by atoms with van der Waals surface area (Å²) in [5.41, 5.74) is 1.08. The Balaban J connectivity index is 2.41. The Morgan fingerprint density at radius 2 is 2.05 bits per heavy atom. The number of ether oxygens (including phenoxy) is 1. The van der Waals surface area contributed by atoms with E-state index in [1.807, 2.05) is 0 Å². The molecule has 114 valence electrons. The smallest absolute Gasteiger partial charge is 0.316 e. The van der Waals surface area contributed by atoms with Gasteiger partial charge in [-0.15, -0.1) is 0 Å². The second kappa shape index (κ2) is 6.55. The number of aromatic nitrogens is 2. The van der Waals surface area contributed by atoms with Crippen molar-refractivity contribution in [1.29, 1.82) is 0 Å². The van der Waals surface area contributed by atoms with Gasteiger partial charge in [-0.25, -0.2) is 9.97 Å². The normalized spacial score (nSPS) is 18.9. The second-order valence-electron chi connectivity index (χ2n) is 4.27. The minimum atomic E-state index is -3.73. The van der Waals surface area contributed by atoms with Gasteiger partial charge in [-0.3, -0.25) is 4.18 Å². The molecule has 0 fully saturated rings. The highest BCUT2D eigenvalue weighted by atomic mass is 35.5. The van der Waals surface area contributed by atoms with E-state index < -0.39 is 15.4 Å². The lowest BCUT2D eigenvalue weighted by atomic mass is 9.99. The van der Waals surface area contributed by atoms with Gasteiger partial charge in [0.25, 0.3) is 10.1 Å². The van der Waals surface area contributed by atoms with Crippen LogP contribution in [0.3, 0.4) is 0 Å². The largest absolute Gasteiger partial charge is 0.467 e. The standard InChI is InChI=1S/C13H15ClN2O4S/c1-3-20-21(17,18)12-5-4-10(14)6-11(12)9-7-15-13(19-2)16-8-9/h4,6-8,12H,3,5H2,1-2H3. The summed E-state index contributed by atoms with van der Waals surface area (Å²) >= 11 is 6.00. The van der Waals surface area contributed by atoms with Gasteiger partial charge in [-0.2, -0.15) is 8.42 Å². The zero-order valence-corrected chi connectivity index (χ0v) is 13.2. The molecule has 0 saturated heterocycles. The van der Waals surface area contributed by atoms with Crippen LogP contribution in [0, 0.1) is 0 Å². The van der Waals surface area contributed by atoms with E-state index >= 15 is 0 Å². The monoisotopic (exact) mass is 330 g/mol. The highest BCUT2D eigenvalue weighted by Crippen LogP contribution is 2.33. The summed E-state index contributed by atoms with van der Waals surface area (Å²) in [6, 6.07) is 0.209. The van der Waals surface area contributed by atoms with Crippen molar-refractivity contribution in [1.82, 2.24) is 9.97 Å². The van der Waals surface area contributed by atoms with E-state index in [9.17, 15) is 8.42 Å². The van der Waals surface area contributed by atoms with Crippen LogP contribution in [-0.2, 0) is 14.3 Å². The van der Waals surface area contributed by atoms with Crippen LogP contribution in [0.15, 0.2) is 29.6 Å². The number of methoxy groups -OCH3 is 1. The number of hydrogen-bond donors (Lipinski definition) is 0. The maximum absolute atomic E-state index is 12.2. The Bertz CT molecular complexity index is 668. The van der Waals surface area contributed by atoms with Crippen LogP contribution in [0.25, 0.3) is 5.57 Å². The van der Waals surface area contributed by atoms with Crippen LogP contribution in [0.4, 0.5) is 0 Å². The van der Waals surface area contributed by atoms with Gasteiger partial charge in [-0.1, -0.05) is 17.7 Å². The molecular weight excluding hydrogens is 316 g/mol. The molecule has 2 rings (SSSR count). The molecule has 1 aromatic rings. The van der Waals surface area contributed by atoms with E-state index in [0.717, 1.165) is 0 Å². The summed E-state index contributed by atoms with van der Waals surface area (Å²) in [6.07, 6.45) is 6.50. The van der Waals surface area contributed by atoms with Crippen molar-refractivity contribution in [3.8, 4) is 6.01 Å². The molecule has 0 aliphatic heterocycles. The fraction of sp³-hybridized carbons (Fsp3) is 0.385. The van der Waals surface area contributed by atoms with Crippen LogP contribution in [0.5, 0.6) is 6.01 Å². The zero-order valence-electron chi connectivity index (χ0n) is 11.6. The molecule has 1 atom stereocenters. The third-order valence-corrected chi connectivity index (χ3v) is 4.91. The first kappa shape index (κ1) is 15.9. The number of rotatable bonds is 5. The highest BCUT2D eigenvalue weighted by Gasteiger charge is 2.32. The van der Waals surface area contributed by atoms with E-state index in [1.54, 1.807) is 19.1 Å². The van der Waals surface area contributed by atoms with Gasteiger partial charge < -0.3 is 4.74 Å². The molecule has 0 radical (unpaired) electrons. The molecule has 0 spiro atoms. The van der Waals surface area contributed by atoms with Crippen molar-refractivity contribution < 1.29 is 17.3 Å². The molecule has 1 aromatic heterocycles. The summed E-state index contributed by atoms with van der Waals surface area (Å²) in [6.45, 7) is 1.71. The maximum Gasteiger partial charge on any atom is 0.316 e. The Hall–Kier alpha value is -1.44. The van der Waals surface area contributed by atoms with Gasteiger partial charge in [0.15, 0.2) is 0 Å². The first-order chi connectivity index (χ1) is 9.97. The van der Waals surface area contributed by atoms with E-state index in [4.69, 9.17) is 20.5 Å². The average Bonchev–Trinajstić information content (AvgIpc) is 2.47. The van der Waals surface area contributed by atoms with Crippen molar-refractivity contribution in [3.05, 3.63) is 35.1 Å². The van der Waals surface area contributed by atoms with Crippen molar-refractivity contribution >= 4 is 27.3 Å². The molecule has 0 saturated carbocycles. The lowest BCUT2D eigenvalue weighted by Gasteiger charge is -2.22. The van der Waals surface area contributed by atoms with Crippen LogP contribution < -0.4 is 4.74 Å². The number of allylic oxidation sites excluding steroid dienone is 3. The highest BCUT2D eigenvalue weighted by molar-refractivity contribution is 7.87. The van der Waals surface area contributed by atoms with Gasteiger partial charge in [0.1, 0.15) is 5.25 Å². The molecule has 0 N–H and O–H groups in total. The zero-order chi connectivity index (χ0) is 15.5. The minimum Gasteiger partial charge on any atom is -0.467 e. The van der Waals surface area contributed by atoms with E-state index in [1.165, 1.54) is 19.5 Å². The van der Waals surface area contributed by atoms with Gasteiger partial charge in [0.05, 0.1) is 13.7 Å². The predicted octanol–water partition coefficient (Wildman–Crippen LogP) is 2.13. The number of hydrogen-bond acceptors (Lipinski definition) is 6. The summed E-state index contributed by atoms with van der Waals surface area (Å²) in [4.78, 5) is 7.98. The summed E-state index contributed by atoms with van der Waals surface area (Å²) in [7, 11) is -2.27. The van der Waals surface area contributed by atoms with Gasteiger partial charge in [0.2, 0.25) is 0 Å². The molecule has 0 bridgehead atoms. The molecule has 8 heteroatoms. The van der Waals surface area contributed by atoms with Crippen LogP contribution >= 0.6 is 11.6 Å². The summed E-state index contributed by atoms with van der Waals surface area (Å²) in [5.74, 6) is 0. The van der Waals surface area contributed by atoms with Crippen LogP contribution in [0.2, 0.25) is 0 Å². The minimum absolute atomic E-state index is 0.0860. The third kappa shape index (κ3) is 3.61. The van der Waals surface area contributed by atoms with E-state index in [2.05, 4.69) is 9.97 Å². The second-order valence-corrected chi connectivity index (χ2v) is 6.50. The van der Waals surface area contributed by atoms with Crippen molar-refractivity contribution in [2.45, 2.75) is 18.6 Å². The first-order valence-electron chi connectivity index (χ1n) is 6.29. The molecule has 21 heavy (non-hydrogen) atoms. The fourth-order valence-electron chi connectivity index (χ4n) is 2.01. The molecule has 0 aromatic carbocycles. The van der Waals surface area contributed by atoms with E-state index in [-0.39, 0.29) is 19.0 Å². The van der Waals surface area contributed by atoms with Crippen LogP contribution in [-0.4, -0.2) is 37.4 Å². The first-order valence-corrected chi connectivity index (χ1v) is 8.14. The molecule has 6 nitrogen and oxygen atoms in total. The number of nitrogens with zero attached hydrogens (tertiary/aromatic N) is 2. The lowest BCUT2D eigenvalue weighted by Crippen LogP contribution is -2.26. The Morgan fingerprint density at radius 3 is 2.62 bits per heavy atom. The lowest BCUT2D eigenvalue weighted by molar-refractivity contribution is 0.334.